The Kier molecular flexibility index (Phi) is 3.85. The van der Waals surface area contributed by atoms with Crippen molar-refractivity contribution in [2.75, 3.05) is 18.4 Å². The van der Waals surface area contributed by atoms with E-state index in [0.29, 0.717) is 46.9 Å². The second-order valence-electron chi connectivity index (χ2n) is 8.23. The molecule has 1 aromatic carbocycles. The Balaban J connectivity index is 1.44. The molecule has 1 amide bonds. The molecular formula is C22H21N5O2. The summed E-state index contributed by atoms with van der Waals surface area (Å²) in [5, 5.41) is 13.4. The Morgan fingerprint density at radius 2 is 2.07 bits per heavy atom. The van der Waals surface area contributed by atoms with E-state index >= 15 is 0 Å². The Morgan fingerprint density at radius 1 is 1.31 bits per heavy atom. The van der Waals surface area contributed by atoms with Crippen LogP contribution in [0, 0.1) is 18.3 Å². The molecule has 0 unspecified atom stereocenters. The average molecular weight is 387 g/mol. The van der Waals surface area contributed by atoms with E-state index in [9.17, 15) is 10.1 Å². The van der Waals surface area contributed by atoms with Crippen molar-refractivity contribution < 1.29 is 9.21 Å². The first-order valence-electron chi connectivity index (χ1n) is 9.80. The van der Waals surface area contributed by atoms with E-state index in [2.05, 4.69) is 28.3 Å². The number of fused-ring (bicyclic) bond motifs is 1. The summed E-state index contributed by atoms with van der Waals surface area (Å²) in [5.74, 6) is 1.30. The van der Waals surface area contributed by atoms with E-state index in [-0.39, 0.29) is 17.4 Å². The molecule has 0 radical (unpaired) electrons. The zero-order valence-electron chi connectivity index (χ0n) is 16.4. The number of carbonyl (C=O) groups excluding carboxylic acids is 1. The number of aromatic nitrogens is 2. The number of amides is 1. The topological polar surface area (TPSA) is 95.1 Å². The van der Waals surface area contributed by atoms with Crippen LogP contribution < -0.4 is 5.32 Å². The van der Waals surface area contributed by atoms with Gasteiger partial charge < -0.3 is 14.6 Å². The molecular weight excluding hydrogens is 366 g/mol. The average Bonchev–Trinajstić information content (AvgIpc) is 3.29. The van der Waals surface area contributed by atoms with Crippen LogP contribution in [-0.2, 0) is 0 Å². The zero-order valence-corrected chi connectivity index (χ0v) is 16.4. The van der Waals surface area contributed by atoms with Gasteiger partial charge in [-0.3, -0.25) is 4.79 Å². The van der Waals surface area contributed by atoms with Crippen molar-refractivity contribution in [2.24, 2.45) is 0 Å². The summed E-state index contributed by atoms with van der Waals surface area (Å²) in [7, 11) is 0. The molecule has 1 aliphatic carbocycles. The van der Waals surface area contributed by atoms with Crippen LogP contribution in [-0.4, -0.2) is 39.4 Å². The fourth-order valence-electron chi connectivity index (χ4n) is 3.95. The standard InChI is InChI=1S/C22H21N5O2/c1-13-17(18-19(26-22(2)7-8-22)24-12-25-20(18)29-13)21(28)27-10-15(11-27)16-6-4-3-5-14(16)9-23/h3-6,12,15H,7-8,10-11H2,1-2H3,(H,24,25,26). The van der Waals surface area contributed by atoms with Crippen molar-refractivity contribution in [3.63, 3.8) is 0 Å². The monoisotopic (exact) mass is 387 g/mol. The lowest BCUT2D eigenvalue weighted by Gasteiger charge is -2.39. The number of aryl methyl sites for hydroxylation is 1. The Labute approximate surface area is 168 Å². The molecule has 5 rings (SSSR count). The second-order valence-corrected chi connectivity index (χ2v) is 8.23. The van der Waals surface area contributed by atoms with E-state index in [0.717, 1.165) is 18.4 Å². The van der Waals surface area contributed by atoms with Crippen molar-refractivity contribution >= 4 is 22.8 Å². The molecule has 2 aromatic heterocycles. The van der Waals surface area contributed by atoms with Crippen LogP contribution >= 0.6 is 0 Å². The minimum atomic E-state index is -0.0780. The maximum absolute atomic E-state index is 13.3. The summed E-state index contributed by atoms with van der Waals surface area (Å²) in [5.41, 5.74) is 2.65. The fraction of sp³-hybridized carbons (Fsp3) is 0.364. The lowest BCUT2D eigenvalue weighted by Crippen LogP contribution is -2.48. The Bertz CT molecular complexity index is 1170. The SMILES string of the molecule is Cc1oc2ncnc(NC3(C)CC3)c2c1C(=O)N1CC(c2ccccc2C#N)C1. The number of likely N-dealkylation sites (tertiary alicyclic amines) is 1. The summed E-state index contributed by atoms with van der Waals surface area (Å²) >= 11 is 0. The lowest BCUT2D eigenvalue weighted by atomic mass is 9.88. The van der Waals surface area contributed by atoms with Gasteiger partial charge in [0.05, 0.1) is 22.6 Å². The van der Waals surface area contributed by atoms with Gasteiger partial charge in [-0.25, -0.2) is 9.97 Å². The highest BCUT2D eigenvalue weighted by Gasteiger charge is 2.40. The van der Waals surface area contributed by atoms with E-state index in [1.165, 1.54) is 6.33 Å². The van der Waals surface area contributed by atoms with Gasteiger partial charge in [0, 0.05) is 24.5 Å². The fourth-order valence-corrected chi connectivity index (χ4v) is 3.95. The normalized spacial score (nSPS) is 17.6. The van der Waals surface area contributed by atoms with E-state index in [1.807, 2.05) is 24.3 Å². The third kappa shape index (κ3) is 2.92. The lowest BCUT2D eigenvalue weighted by molar-refractivity contribution is 0.0602. The molecule has 1 aliphatic heterocycles. The number of nitrogens with zero attached hydrogens (tertiary/aromatic N) is 4. The van der Waals surface area contributed by atoms with Gasteiger partial charge >= 0.3 is 0 Å². The number of hydrogen-bond acceptors (Lipinski definition) is 6. The smallest absolute Gasteiger partial charge is 0.258 e. The number of benzene rings is 1. The Hall–Kier alpha value is -3.40. The summed E-state index contributed by atoms with van der Waals surface area (Å²) in [6.07, 6.45) is 3.61. The van der Waals surface area contributed by atoms with Crippen LogP contribution in [0.3, 0.4) is 0 Å². The van der Waals surface area contributed by atoms with E-state index < -0.39 is 0 Å². The largest absolute Gasteiger partial charge is 0.442 e. The van der Waals surface area contributed by atoms with Gasteiger partial charge in [0.1, 0.15) is 17.9 Å². The van der Waals surface area contributed by atoms with Crippen LogP contribution in [0.1, 0.15) is 52.9 Å². The summed E-state index contributed by atoms with van der Waals surface area (Å²) in [6.45, 7) is 5.09. The van der Waals surface area contributed by atoms with Crippen LogP contribution in [0.2, 0.25) is 0 Å². The molecule has 0 atom stereocenters. The molecule has 1 saturated carbocycles. The van der Waals surface area contributed by atoms with Gasteiger partial charge in [-0.1, -0.05) is 18.2 Å². The van der Waals surface area contributed by atoms with E-state index in [1.54, 1.807) is 11.8 Å². The number of carbonyl (C=O) groups is 1. The first-order chi connectivity index (χ1) is 14.0. The first-order valence-corrected chi connectivity index (χ1v) is 9.80. The molecule has 1 N–H and O–H groups in total. The van der Waals surface area contributed by atoms with Gasteiger partial charge in [-0.05, 0) is 38.3 Å². The summed E-state index contributed by atoms with van der Waals surface area (Å²) < 4.78 is 5.78. The second kappa shape index (κ2) is 6.31. The minimum Gasteiger partial charge on any atom is -0.442 e. The highest BCUT2D eigenvalue weighted by molar-refractivity contribution is 6.10. The van der Waals surface area contributed by atoms with Crippen LogP contribution in [0.4, 0.5) is 5.82 Å². The first kappa shape index (κ1) is 17.7. The molecule has 0 bridgehead atoms. The number of nitrogens with one attached hydrogen (secondary N) is 1. The number of furan rings is 1. The van der Waals surface area contributed by atoms with Crippen molar-refractivity contribution in [1.29, 1.82) is 5.26 Å². The number of hydrogen-bond donors (Lipinski definition) is 1. The third-order valence-electron chi connectivity index (χ3n) is 5.99. The van der Waals surface area contributed by atoms with Crippen molar-refractivity contribution in [1.82, 2.24) is 14.9 Å². The molecule has 3 heterocycles. The highest BCUT2D eigenvalue weighted by Crippen LogP contribution is 2.41. The molecule has 7 nitrogen and oxygen atoms in total. The van der Waals surface area contributed by atoms with Gasteiger partial charge in [-0.2, -0.15) is 5.26 Å². The predicted molar refractivity (Wildman–Crippen MR) is 108 cm³/mol. The van der Waals surface area contributed by atoms with Gasteiger partial charge in [0.25, 0.3) is 5.91 Å². The zero-order chi connectivity index (χ0) is 20.2. The molecule has 7 heteroatoms. The molecule has 3 aromatic rings. The van der Waals surface area contributed by atoms with Crippen LogP contribution in [0.5, 0.6) is 0 Å². The molecule has 2 aliphatic rings. The van der Waals surface area contributed by atoms with Crippen molar-refractivity contribution in [2.45, 2.75) is 38.1 Å². The van der Waals surface area contributed by atoms with E-state index in [4.69, 9.17) is 4.42 Å². The van der Waals surface area contributed by atoms with Gasteiger partial charge in [0.2, 0.25) is 5.71 Å². The molecule has 29 heavy (non-hydrogen) atoms. The number of nitriles is 1. The maximum atomic E-state index is 13.3. The maximum Gasteiger partial charge on any atom is 0.258 e. The van der Waals surface area contributed by atoms with Crippen LogP contribution in [0.15, 0.2) is 35.0 Å². The molecule has 1 saturated heterocycles. The van der Waals surface area contributed by atoms with Gasteiger partial charge in [0.15, 0.2) is 0 Å². The Morgan fingerprint density at radius 3 is 2.79 bits per heavy atom. The molecule has 0 spiro atoms. The van der Waals surface area contributed by atoms with Gasteiger partial charge in [-0.15, -0.1) is 0 Å². The number of anilines is 1. The third-order valence-corrected chi connectivity index (χ3v) is 5.99. The minimum absolute atomic E-state index is 0.0234. The van der Waals surface area contributed by atoms with Crippen molar-refractivity contribution in [3.8, 4) is 6.07 Å². The molecule has 2 fully saturated rings. The summed E-state index contributed by atoms with van der Waals surface area (Å²) in [6, 6.07) is 9.82. The highest BCUT2D eigenvalue weighted by atomic mass is 16.3. The molecule has 146 valence electrons. The summed E-state index contributed by atoms with van der Waals surface area (Å²) in [4.78, 5) is 23.7. The van der Waals surface area contributed by atoms with Crippen LogP contribution in [0.25, 0.3) is 11.1 Å². The predicted octanol–water partition coefficient (Wildman–Crippen LogP) is 3.61. The quantitative estimate of drug-likeness (QED) is 0.735. The van der Waals surface area contributed by atoms with Crippen molar-refractivity contribution in [3.05, 3.63) is 53.0 Å². The number of rotatable bonds is 4.